The molecular weight excluding hydrogens is 242 g/mol. The van der Waals surface area contributed by atoms with Crippen molar-refractivity contribution in [1.29, 1.82) is 0 Å². The van der Waals surface area contributed by atoms with E-state index in [1.54, 1.807) is 12.1 Å². The Bertz CT molecular complexity index is 465. The third kappa shape index (κ3) is 3.34. The van der Waals surface area contributed by atoms with Crippen LogP contribution in [0.1, 0.15) is 48.5 Å². The van der Waals surface area contributed by atoms with Gasteiger partial charge in [0.2, 0.25) is 0 Å². The molecule has 4 nitrogen and oxygen atoms in total. The van der Waals surface area contributed by atoms with Crippen molar-refractivity contribution >= 4 is 11.7 Å². The standard InChI is InChI=1S/C15H19NO3/c1-3-4-5-13-10-14(16-19-13)11-6-8-12(9-7-11)15(17)18-2/h6-9,13H,3-5,10H2,1-2H3/t13-/m1/s1. The Balaban J connectivity index is 1.98. The number of ether oxygens (including phenoxy) is 1. The van der Waals surface area contributed by atoms with Crippen LogP contribution in [0.3, 0.4) is 0 Å². The maximum Gasteiger partial charge on any atom is 0.337 e. The molecule has 0 saturated carbocycles. The minimum absolute atomic E-state index is 0.204. The average molecular weight is 261 g/mol. The highest BCUT2D eigenvalue weighted by Crippen LogP contribution is 2.21. The number of hydrogen-bond acceptors (Lipinski definition) is 4. The maximum atomic E-state index is 11.3. The predicted molar refractivity (Wildman–Crippen MR) is 73.3 cm³/mol. The van der Waals surface area contributed by atoms with E-state index in [1.807, 2.05) is 12.1 Å². The molecule has 0 saturated heterocycles. The first-order valence-corrected chi connectivity index (χ1v) is 6.66. The second-order valence-corrected chi connectivity index (χ2v) is 4.68. The largest absolute Gasteiger partial charge is 0.465 e. The number of unbranched alkanes of at least 4 members (excludes halogenated alkanes) is 1. The molecule has 0 aliphatic carbocycles. The first-order chi connectivity index (χ1) is 9.24. The van der Waals surface area contributed by atoms with Gasteiger partial charge in [0.25, 0.3) is 0 Å². The smallest absolute Gasteiger partial charge is 0.337 e. The Labute approximate surface area is 113 Å². The lowest BCUT2D eigenvalue weighted by atomic mass is 10.0. The Morgan fingerprint density at radius 1 is 1.42 bits per heavy atom. The van der Waals surface area contributed by atoms with Crippen molar-refractivity contribution in [2.45, 2.75) is 38.7 Å². The van der Waals surface area contributed by atoms with E-state index in [9.17, 15) is 4.79 Å². The van der Waals surface area contributed by atoms with Crippen molar-refractivity contribution in [3.8, 4) is 0 Å². The molecule has 0 aromatic heterocycles. The van der Waals surface area contributed by atoms with Gasteiger partial charge in [0.15, 0.2) is 0 Å². The summed E-state index contributed by atoms with van der Waals surface area (Å²) in [6.07, 6.45) is 4.43. The normalized spacial score (nSPS) is 17.8. The van der Waals surface area contributed by atoms with Crippen LogP contribution >= 0.6 is 0 Å². The van der Waals surface area contributed by atoms with Crippen LogP contribution in [-0.2, 0) is 9.57 Å². The van der Waals surface area contributed by atoms with E-state index < -0.39 is 0 Å². The number of nitrogens with zero attached hydrogens (tertiary/aromatic N) is 1. The number of carbonyl (C=O) groups excluding carboxylic acids is 1. The molecular formula is C15H19NO3. The van der Waals surface area contributed by atoms with Gasteiger partial charge in [-0.15, -0.1) is 0 Å². The fraction of sp³-hybridized carbons (Fsp3) is 0.467. The topological polar surface area (TPSA) is 47.9 Å². The summed E-state index contributed by atoms with van der Waals surface area (Å²) in [7, 11) is 1.38. The average Bonchev–Trinajstić information content (AvgIpc) is 2.93. The third-order valence-electron chi connectivity index (χ3n) is 3.25. The van der Waals surface area contributed by atoms with E-state index in [2.05, 4.69) is 16.8 Å². The molecule has 0 N–H and O–H groups in total. The zero-order valence-corrected chi connectivity index (χ0v) is 11.4. The second-order valence-electron chi connectivity index (χ2n) is 4.68. The number of oxime groups is 1. The fourth-order valence-corrected chi connectivity index (χ4v) is 2.10. The van der Waals surface area contributed by atoms with Gasteiger partial charge >= 0.3 is 5.97 Å². The lowest BCUT2D eigenvalue weighted by molar-refractivity contribution is 0.0600. The van der Waals surface area contributed by atoms with Gasteiger partial charge in [0, 0.05) is 6.42 Å². The number of hydrogen-bond donors (Lipinski definition) is 0. The van der Waals surface area contributed by atoms with Crippen LogP contribution < -0.4 is 0 Å². The van der Waals surface area contributed by atoms with E-state index in [0.717, 1.165) is 30.5 Å². The van der Waals surface area contributed by atoms with Crippen LogP contribution in [-0.4, -0.2) is 24.9 Å². The first-order valence-electron chi connectivity index (χ1n) is 6.66. The van der Waals surface area contributed by atoms with Gasteiger partial charge in [-0.1, -0.05) is 30.6 Å². The molecule has 1 heterocycles. The Morgan fingerprint density at radius 2 is 2.16 bits per heavy atom. The molecule has 0 unspecified atom stereocenters. The fourth-order valence-electron chi connectivity index (χ4n) is 2.10. The van der Waals surface area contributed by atoms with Crippen LogP contribution in [0, 0.1) is 0 Å². The molecule has 0 fully saturated rings. The summed E-state index contributed by atoms with van der Waals surface area (Å²) in [5.74, 6) is -0.322. The molecule has 0 amide bonds. The van der Waals surface area contributed by atoms with Gasteiger partial charge in [-0.05, 0) is 30.5 Å². The first kappa shape index (κ1) is 13.6. The summed E-state index contributed by atoms with van der Waals surface area (Å²) in [6, 6.07) is 7.28. The van der Waals surface area contributed by atoms with Gasteiger partial charge < -0.3 is 9.57 Å². The predicted octanol–water partition coefficient (Wildman–Crippen LogP) is 3.16. The second kappa shape index (κ2) is 6.36. The van der Waals surface area contributed by atoms with Crippen LogP contribution in [0.2, 0.25) is 0 Å². The molecule has 0 bridgehead atoms. The van der Waals surface area contributed by atoms with E-state index in [4.69, 9.17) is 4.84 Å². The maximum absolute atomic E-state index is 11.3. The Hall–Kier alpha value is -1.84. The summed E-state index contributed by atoms with van der Waals surface area (Å²) in [4.78, 5) is 16.8. The zero-order chi connectivity index (χ0) is 13.7. The minimum Gasteiger partial charge on any atom is -0.465 e. The number of esters is 1. The van der Waals surface area contributed by atoms with Gasteiger partial charge in [0.1, 0.15) is 6.10 Å². The Kier molecular flexibility index (Phi) is 4.55. The Morgan fingerprint density at radius 3 is 2.79 bits per heavy atom. The minimum atomic E-state index is -0.322. The van der Waals surface area contributed by atoms with Crippen molar-refractivity contribution in [1.82, 2.24) is 0 Å². The molecule has 102 valence electrons. The molecule has 1 atom stereocenters. The summed E-state index contributed by atoms with van der Waals surface area (Å²) < 4.78 is 4.67. The van der Waals surface area contributed by atoms with E-state index >= 15 is 0 Å². The van der Waals surface area contributed by atoms with Crippen molar-refractivity contribution < 1.29 is 14.4 Å². The number of rotatable bonds is 5. The van der Waals surface area contributed by atoms with Crippen LogP contribution in [0.5, 0.6) is 0 Å². The van der Waals surface area contributed by atoms with E-state index in [-0.39, 0.29) is 12.1 Å². The molecule has 1 aromatic carbocycles. The van der Waals surface area contributed by atoms with Crippen molar-refractivity contribution in [3.63, 3.8) is 0 Å². The summed E-state index contributed by atoms with van der Waals surface area (Å²) in [5, 5.41) is 4.14. The van der Waals surface area contributed by atoms with Crippen molar-refractivity contribution in [3.05, 3.63) is 35.4 Å². The highest BCUT2D eigenvalue weighted by atomic mass is 16.6. The molecule has 1 aromatic rings. The van der Waals surface area contributed by atoms with Gasteiger partial charge in [-0.25, -0.2) is 4.79 Å². The number of carbonyl (C=O) groups is 1. The molecule has 2 rings (SSSR count). The van der Waals surface area contributed by atoms with Crippen LogP contribution in [0.4, 0.5) is 0 Å². The van der Waals surface area contributed by atoms with E-state index in [0.29, 0.717) is 5.56 Å². The molecule has 0 radical (unpaired) electrons. The molecule has 19 heavy (non-hydrogen) atoms. The van der Waals surface area contributed by atoms with Gasteiger partial charge in [-0.3, -0.25) is 0 Å². The SMILES string of the molecule is CCCC[C@@H]1CC(c2ccc(C(=O)OC)cc2)=NO1. The summed E-state index contributed by atoms with van der Waals surface area (Å²) in [5.41, 5.74) is 2.51. The molecule has 1 aliphatic heterocycles. The highest BCUT2D eigenvalue weighted by Gasteiger charge is 2.21. The lowest BCUT2D eigenvalue weighted by Gasteiger charge is -2.06. The van der Waals surface area contributed by atoms with Gasteiger partial charge in [-0.2, -0.15) is 0 Å². The summed E-state index contributed by atoms with van der Waals surface area (Å²) >= 11 is 0. The van der Waals surface area contributed by atoms with E-state index in [1.165, 1.54) is 13.5 Å². The highest BCUT2D eigenvalue weighted by molar-refractivity contribution is 6.02. The number of methoxy groups -OCH3 is 1. The van der Waals surface area contributed by atoms with Crippen molar-refractivity contribution in [2.75, 3.05) is 7.11 Å². The van der Waals surface area contributed by atoms with Gasteiger partial charge in [0.05, 0.1) is 18.4 Å². The third-order valence-corrected chi connectivity index (χ3v) is 3.25. The summed E-state index contributed by atoms with van der Waals surface area (Å²) in [6.45, 7) is 2.17. The quantitative estimate of drug-likeness (QED) is 0.765. The molecule has 1 aliphatic rings. The lowest BCUT2D eigenvalue weighted by Crippen LogP contribution is -2.08. The molecule has 0 spiro atoms. The number of benzene rings is 1. The molecule has 4 heteroatoms. The van der Waals surface area contributed by atoms with Crippen LogP contribution in [0.15, 0.2) is 29.4 Å². The van der Waals surface area contributed by atoms with Crippen LogP contribution in [0.25, 0.3) is 0 Å². The monoisotopic (exact) mass is 261 g/mol. The zero-order valence-electron chi connectivity index (χ0n) is 11.4. The van der Waals surface area contributed by atoms with Crippen molar-refractivity contribution in [2.24, 2.45) is 5.16 Å².